The maximum absolute atomic E-state index is 15.0. The van der Waals surface area contributed by atoms with E-state index >= 15 is 4.39 Å². The second-order valence-corrected chi connectivity index (χ2v) is 7.02. The average Bonchev–Trinajstić information content (AvgIpc) is 3.15. The molecule has 3 aromatic carbocycles. The highest BCUT2D eigenvalue weighted by molar-refractivity contribution is 5.77. The summed E-state index contributed by atoms with van der Waals surface area (Å²) in [6.45, 7) is 0. The van der Waals surface area contributed by atoms with Gasteiger partial charge in [0.15, 0.2) is 11.5 Å². The lowest BCUT2D eigenvalue weighted by atomic mass is 9.96. The SMILES string of the molecule is CO/C=C1\CCc2cc(-c3ccc(-c4ccc(OC)c(OC)c4)cc3F)ccc21. The van der Waals surface area contributed by atoms with E-state index in [1.807, 2.05) is 36.4 Å². The minimum atomic E-state index is -0.247. The van der Waals surface area contributed by atoms with E-state index in [4.69, 9.17) is 14.2 Å². The Labute approximate surface area is 170 Å². The topological polar surface area (TPSA) is 27.7 Å². The molecule has 0 amide bonds. The molecule has 0 bridgehead atoms. The molecule has 3 nitrogen and oxygen atoms in total. The van der Waals surface area contributed by atoms with Crippen molar-refractivity contribution in [3.8, 4) is 33.8 Å². The summed E-state index contributed by atoms with van der Waals surface area (Å²) in [6.07, 6.45) is 3.70. The standard InChI is InChI=1S/C25H23FO3/c1-27-15-20-5-4-18-12-19(7-9-21(18)20)22-10-6-16(13-23(22)26)17-8-11-24(28-2)25(14-17)29-3/h6-15H,4-5H2,1-3H3/b20-15+. The van der Waals surface area contributed by atoms with Gasteiger partial charge in [0, 0.05) is 5.56 Å². The summed E-state index contributed by atoms with van der Waals surface area (Å²) < 4.78 is 30.8. The highest BCUT2D eigenvalue weighted by Gasteiger charge is 2.18. The number of hydrogen-bond donors (Lipinski definition) is 0. The summed E-state index contributed by atoms with van der Waals surface area (Å²) >= 11 is 0. The number of allylic oxidation sites excluding steroid dienone is 1. The number of benzene rings is 3. The molecule has 0 saturated carbocycles. The van der Waals surface area contributed by atoms with Crippen LogP contribution < -0.4 is 9.47 Å². The summed E-state index contributed by atoms with van der Waals surface area (Å²) in [5.41, 5.74) is 6.76. The van der Waals surface area contributed by atoms with Crippen molar-refractivity contribution in [3.05, 3.63) is 77.8 Å². The predicted molar refractivity (Wildman–Crippen MR) is 114 cm³/mol. The molecule has 1 aliphatic carbocycles. The van der Waals surface area contributed by atoms with Crippen molar-refractivity contribution < 1.29 is 18.6 Å². The molecule has 0 aromatic heterocycles. The Morgan fingerprint density at radius 2 is 1.41 bits per heavy atom. The van der Waals surface area contributed by atoms with Crippen molar-refractivity contribution in [2.24, 2.45) is 0 Å². The van der Waals surface area contributed by atoms with Gasteiger partial charge in [-0.3, -0.25) is 0 Å². The number of hydrogen-bond acceptors (Lipinski definition) is 3. The van der Waals surface area contributed by atoms with Gasteiger partial charge in [0.25, 0.3) is 0 Å². The number of fused-ring (bicyclic) bond motifs is 1. The lowest BCUT2D eigenvalue weighted by molar-refractivity contribution is 0.339. The van der Waals surface area contributed by atoms with Crippen LogP contribution in [0.25, 0.3) is 27.8 Å². The summed E-state index contributed by atoms with van der Waals surface area (Å²) in [7, 11) is 4.84. The van der Waals surface area contributed by atoms with Gasteiger partial charge >= 0.3 is 0 Å². The second kappa shape index (κ2) is 8.00. The van der Waals surface area contributed by atoms with Crippen LogP contribution in [0.4, 0.5) is 4.39 Å². The first-order chi connectivity index (χ1) is 14.1. The molecule has 3 aromatic rings. The van der Waals surface area contributed by atoms with Crippen LogP contribution in [0.3, 0.4) is 0 Å². The Balaban J connectivity index is 1.68. The van der Waals surface area contributed by atoms with Crippen molar-refractivity contribution >= 4 is 5.57 Å². The third-order valence-corrected chi connectivity index (χ3v) is 5.37. The minimum Gasteiger partial charge on any atom is -0.504 e. The van der Waals surface area contributed by atoms with Crippen LogP contribution in [0.1, 0.15) is 17.5 Å². The lowest BCUT2D eigenvalue weighted by Gasteiger charge is -2.11. The van der Waals surface area contributed by atoms with Crippen molar-refractivity contribution in [2.75, 3.05) is 21.3 Å². The Kier molecular flexibility index (Phi) is 5.26. The summed E-state index contributed by atoms with van der Waals surface area (Å²) in [4.78, 5) is 0. The number of ether oxygens (including phenoxy) is 3. The van der Waals surface area contributed by atoms with Crippen molar-refractivity contribution in [1.29, 1.82) is 0 Å². The monoisotopic (exact) mass is 390 g/mol. The Morgan fingerprint density at radius 3 is 2.14 bits per heavy atom. The molecule has 0 unspecified atom stereocenters. The fourth-order valence-electron chi connectivity index (χ4n) is 3.89. The first-order valence-corrected chi connectivity index (χ1v) is 9.52. The van der Waals surface area contributed by atoms with E-state index in [0.717, 1.165) is 29.5 Å². The van der Waals surface area contributed by atoms with E-state index in [1.54, 1.807) is 33.7 Å². The maximum Gasteiger partial charge on any atom is 0.161 e. The van der Waals surface area contributed by atoms with Crippen molar-refractivity contribution in [1.82, 2.24) is 0 Å². The molecular formula is C25H23FO3. The molecule has 0 spiro atoms. The molecule has 0 atom stereocenters. The third kappa shape index (κ3) is 3.58. The Morgan fingerprint density at radius 1 is 0.724 bits per heavy atom. The van der Waals surface area contributed by atoms with Crippen LogP contribution in [0.2, 0.25) is 0 Å². The molecule has 4 heteroatoms. The quantitative estimate of drug-likeness (QED) is 0.492. The highest BCUT2D eigenvalue weighted by Crippen LogP contribution is 2.37. The second-order valence-electron chi connectivity index (χ2n) is 7.02. The van der Waals surface area contributed by atoms with Crippen LogP contribution in [-0.4, -0.2) is 21.3 Å². The van der Waals surface area contributed by atoms with Crippen LogP contribution >= 0.6 is 0 Å². The molecule has 0 heterocycles. The molecule has 148 valence electrons. The summed E-state index contributed by atoms with van der Waals surface area (Å²) in [6, 6.07) is 17.0. The van der Waals surface area contributed by atoms with Gasteiger partial charge in [0.2, 0.25) is 0 Å². The molecule has 0 saturated heterocycles. The average molecular weight is 390 g/mol. The summed E-state index contributed by atoms with van der Waals surface area (Å²) in [5.74, 6) is 1.02. The molecule has 0 fully saturated rings. The molecule has 0 N–H and O–H groups in total. The highest BCUT2D eigenvalue weighted by atomic mass is 19.1. The van der Waals surface area contributed by atoms with Crippen LogP contribution in [0, 0.1) is 5.82 Å². The van der Waals surface area contributed by atoms with Crippen molar-refractivity contribution in [3.63, 3.8) is 0 Å². The van der Waals surface area contributed by atoms with Crippen LogP contribution in [0.15, 0.2) is 60.9 Å². The van der Waals surface area contributed by atoms with Crippen LogP contribution in [0.5, 0.6) is 11.5 Å². The van der Waals surface area contributed by atoms with Gasteiger partial charge in [-0.15, -0.1) is 0 Å². The van der Waals surface area contributed by atoms with Gasteiger partial charge in [-0.2, -0.15) is 0 Å². The number of methoxy groups -OCH3 is 3. The molecule has 29 heavy (non-hydrogen) atoms. The van der Waals surface area contributed by atoms with E-state index in [1.165, 1.54) is 16.7 Å². The number of aryl methyl sites for hydroxylation is 1. The molecule has 0 radical (unpaired) electrons. The van der Waals surface area contributed by atoms with Crippen LogP contribution in [-0.2, 0) is 11.2 Å². The van der Waals surface area contributed by atoms with Gasteiger partial charge in [-0.1, -0.05) is 36.4 Å². The number of rotatable bonds is 5. The first-order valence-electron chi connectivity index (χ1n) is 9.52. The number of halogens is 1. The Bertz CT molecular complexity index is 1090. The van der Waals surface area contributed by atoms with Gasteiger partial charge in [-0.25, -0.2) is 4.39 Å². The molecule has 1 aliphatic rings. The van der Waals surface area contributed by atoms with E-state index < -0.39 is 0 Å². The normalized spacial score (nSPS) is 14.0. The zero-order valence-electron chi connectivity index (χ0n) is 16.8. The smallest absolute Gasteiger partial charge is 0.161 e. The van der Waals surface area contributed by atoms with E-state index in [9.17, 15) is 0 Å². The van der Waals surface area contributed by atoms with Gasteiger partial charge < -0.3 is 14.2 Å². The van der Waals surface area contributed by atoms with Gasteiger partial charge in [0.05, 0.1) is 27.6 Å². The zero-order valence-corrected chi connectivity index (χ0v) is 16.8. The summed E-state index contributed by atoms with van der Waals surface area (Å²) in [5, 5.41) is 0. The largest absolute Gasteiger partial charge is 0.504 e. The predicted octanol–water partition coefficient (Wildman–Crippen LogP) is 6.11. The van der Waals surface area contributed by atoms with Crippen molar-refractivity contribution in [2.45, 2.75) is 12.8 Å². The molecule has 4 rings (SSSR count). The third-order valence-electron chi connectivity index (χ3n) is 5.37. The van der Waals surface area contributed by atoms with Gasteiger partial charge in [-0.05, 0) is 64.4 Å². The first kappa shape index (κ1) is 19.1. The zero-order chi connectivity index (χ0) is 20.4. The van der Waals surface area contributed by atoms with E-state index in [2.05, 4.69) is 12.1 Å². The maximum atomic E-state index is 15.0. The fraction of sp³-hybridized carbons (Fsp3) is 0.200. The van der Waals surface area contributed by atoms with Gasteiger partial charge in [0.1, 0.15) is 5.82 Å². The fourth-order valence-corrected chi connectivity index (χ4v) is 3.89. The van der Waals surface area contributed by atoms with E-state index in [0.29, 0.717) is 17.1 Å². The molecule has 0 aliphatic heterocycles. The lowest BCUT2D eigenvalue weighted by Crippen LogP contribution is -1.92. The minimum absolute atomic E-state index is 0.247. The Hall–Kier alpha value is -3.27. The molecular weight excluding hydrogens is 367 g/mol. The van der Waals surface area contributed by atoms with E-state index in [-0.39, 0.29) is 5.82 Å².